The van der Waals surface area contributed by atoms with Gasteiger partial charge in [0, 0.05) is 36.6 Å². The number of likely N-dealkylation sites (tertiary alicyclic amines) is 1. The van der Waals surface area contributed by atoms with E-state index in [4.69, 9.17) is 0 Å². The maximum Gasteiger partial charge on any atom is 0.433 e. The van der Waals surface area contributed by atoms with Gasteiger partial charge < -0.3 is 5.32 Å². The lowest BCUT2D eigenvalue weighted by molar-refractivity contribution is -0.141. The molecule has 1 aliphatic heterocycles. The number of nitrogens with one attached hydrogen (secondary N) is 1. The van der Waals surface area contributed by atoms with Gasteiger partial charge in [-0.1, -0.05) is 12.1 Å². The number of hydrogen-bond donors (Lipinski definition) is 1. The molecule has 1 aromatic heterocycles. The quantitative estimate of drug-likeness (QED) is 0.811. The van der Waals surface area contributed by atoms with Crippen LogP contribution in [-0.2, 0) is 12.7 Å². The van der Waals surface area contributed by atoms with E-state index in [1.54, 1.807) is 11.8 Å². The van der Waals surface area contributed by atoms with Gasteiger partial charge in [0.1, 0.15) is 17.8 Å². The second-order valence-corrected chi connectivity index (χ2v) is 6.88. The van der Waals surface area contributed by atoms with Gasteiger partial charge in [0.2, 0.25) is 0 Å². The Morgan fingerprint density at radius 2 is 2.00 bits per heavy atom. The molecule has 1 atom stereocenters. The molecule has 134 valence electrons. The molecule has 1 unspecified atom stereocenters. The number of benzene rings is 1. The first-order valence-electron chi connectivity index (χ1n) is 7.95. The molecule has 0 amide bonds. The van der Waals surface area contributed by atoms with Crippen LogP contribution in [0.2, 0.25) is 0 Å². The van der Waals surface area contributed by atoms with E-state index in [0.29, 0.717) is 0 Å². The van der Waals surface area contributed by atoms with E-state index in [1.165, 1.54) is 10.5 Å². The fourth-order valence-electron chi connectivity index (χ4n) is 2.88. The fraction of sp³-hybridized carbons (Fsp3) is 0.412. The Bertz CT molecular complexity index is 706. The summed E-state index contributed by atoms with van der Waals surface area (Å²) in [6.45, 7) is 2.51. The summed E-state index contributed by atoms with van der Waals surface area (Å²) in [5.41, 5.74) is 0.314. The molecule has 2 aromatic rings. The van der Waals surface area contributed by atoms with Gasteiger partial charge in [0.25, 0.3) is 0 Å². The molecule has 1 aromatic carbocycles. The van der Waals surface area contributed by atoms with Crippen molar-refractivity contribution in [3.8, 4) is 0 Å². The summed E-state index contributed by atoms with van der Waals surface area (Å²) in [6, 6.07) is 9.49. The highest BCUT2D eigenvalue weighted by atomic mass is 32.2. The van der Waals surface area contributed by atoms with E-state index in [0.717, 1.165) is 38.4 Å². The third kappa shape index (κ3) is 4.85. The molecule has 1 saturated heterocycles. The molecule has 8 heteroatoms. The Kier molecular flexibility index (Phi) is 5.48. The smallest absolute Gasteiger partial charge is 0.366 e. The van der Waals surface area contributed by atoms with E-state index in [-0.39, 0.29) is 11.9 Å². The van der Waals surface area contributed by atoms with Crippen LogP contribution in [0.1, 0.15) is 17.7 Å². The van der Waals surface area contributed by atoms with Gasteiger partial charge in [-0.25, -0.2) is 9.97 Å². The van der Waals surface area contributed by atoms with Crippen molar-refractivity contribution in [1.82, 2.24) is 14.9 Å². The molecule has 0 radical (unpaired) electrons. The van der Waals surface area contributed by atoms with Gasteiger partial charge in [0.05, 0.1) is 0 Å². The number of alkyl halides is 3. The minimum absolute atomic E-state index is 0.0847. The van der Waals surface area contributed by atoms with Crippen LogP contribution in [0.4, 0.5) is 19.0 Å². The average Bonchev–Trinajstić information content (AvgIpc) is 3.02. The van der Waals surface area contributed by atoms with Crippen molar-refractivity contribution in [2.45, 2.75) is 30.1 Å². The second kappa shape index (κ2) is 7.61. The van der Waals surface area contributed by atoms with Crippen molar-refractivity contribution in [2.24, 2.45) is 0 Å². The maximum atomic E-state index is 12.7. The van der Waals surface area contributed by atoms with Gasteiger partial charge in [0.15, 0.2) is 0 Å². The van der Waals surface area contributed by atoms with E-state index in [9.17, 15) is 13.2 Å². The summed E-state index contributed by atoms with van der Waals surface area (Å²) in [7, 11) is 0. The third-order valence-corrected chi connectivity index (χ3v) is 4.89. The number of hydrogen-bond acceptors (Lipinski definition) is 5. The molecule has 1 aliphatic rings. The Hall–Kier alpha value is -1.80. The lowest BCUT2D eigenvalue weighted by Crippen LogP contribution is -2.26. The Labute approximate surface area is 148 Å². The lowest BCUT2D eigenvalue weighted by atomic mass is 10.2. The van der Waals surface area contributed by atoms with Gasteiger partial charge in [-0.15, -0.1) is 11.8 Å². The zero-order valence-corrected chi connectivity index (χ0v) is 14.6. The highest BCUT2D eigenvalue weighted by Crippen LogP contribution is 2.28. The molecule has 2 heterocycles. The Morgan fingerprint density at radius 1 is 1.24 bits per heavy atom. The first-order chi connectivity index (χ1) is 11.9. The van der Waals surface area contributed by atoms with E-state index in [1.807, 2.05) is 6.26 Å². The zero-order valence-electron chi connectivity index (χ0n) is 13.8. The summed E-state index contributed by atoms with van der Waals surface area (Å²) < 4.78 is 38.1. The average molecular weight is 368 g/mol. The van der Waals surface area contributed by atoms with Crippen molar-refractivity contribution in [1.29, 1.82) is 0 Å². The lowest BCUT2D eigenvalue weighted by Gasteiger charge is -2.17. The predicted octanol–water partition coefficient (Wildman–Crippen LogP) is 3.90. The van der Waals surface area contributed by atoms with Crippen molar-refractivity contribution < 1.29 is 13.2 Å². The molecular formula is C17H19F3N4S. The normalized spacial score (nSPS) is 18.5. The van der Waals surface area contributed by atoms with Gasteiger partial charge in [-0.3, -0.25) is 4.90 Å². The molecule has 0 spiro atoms. The molecule has 4 nitrogen and oxygen atoms in total. The molecule has 1 N–H and O–H groups in total. The van der Waals surface area contributed by atoms with Crippen molar-refractivity contribution in [2.75, 3.05) is 24.7 Å². The first-order valence-corrected chi connectivity index (χ1v) is 9.17. The summed E-state index contributed by atoms with van der Waals surface area (Å²) >= 11 is 1.71. The van der Waals surface area contributed by atoms with Crippen molar-refractivity contribution in [3.05, 3.63) is 47.9 Å². The number of rotatable bonds is 5. The maximum absolute atomic E-state index is 12.7. The molecule has 3 rings (SSSR count). The Morgan fingerprint density at radius 3 is 2.68 bits per heavy atom. The van der Waals surface area contributed by atoms with Crippen LogP contribution in [0.3, 0.4) is 0 Å². The van der Waals surface area contributed by atoms with Crippen molar-refractivity contribution in [3.63, 3.8) is 0 Å². The molecule has 0 aliphatic carbocycles. The third-order valence-electron chi connectivity index (χ3n) is 4.15. The van der Waals surface area contributed by atoms with Gasteiger partial charge >= 0.3 is 6.18 Å². The van der Waals surface area contributed by atoms with Crippen LogP contribution in [0.5, 0.6) is 0 Å². The van der Waals surface area contributed by atoms with Crippen LogP contribution in [0, 0.1) is 0 Å². The Balaban J connectivity index is 1.56. The topological polar surface area (TPSA) is 41.0 Å². The zero-order chi connectivity index (χ0) is 17.9. The molecule has 0 saturated carbocycles. The largest absolute Gasteiger partial charge is 0.433 e. The monoisotopic (exact) mass is 368 g/mol. The molecule has 0 bridgehead atoms. The number of halogens is 3. The minimum atomic E-state index is -4.45. The van der Waals surface area contributed by atoms with Crippen LogP contribution in [-0.4, -0.2) is 40.3 Å². The molecule has 25 heavy (non-hydrogen) atoms. The summed E-state index contributed by atoms with van der Waals surface area (Å²) in [4.78, 5) is 10.7. The number of aromatic nitrogens is 2. The predicted molar refractivity (Wildman–Crippen MR) is 92.6 cm³/mol. The fourth-order valence-corrected chi connectivity index (χ4v) is 3.29. The highest BCUT2D eigenvalue weighted by Gasteiger charge is 2.33. The number of nitrogens with zero attached hydrogens (tertiary/aromatic N) is 3. The standard InChI is InChI=1S/C17H19F3N4S/c1-25-14-4-2-12(3-5-14)9-24-7-6-13(10-24)23-16-8-15(17(18,19)20)21-11-22-16/h2-5,8,11,13H,6-7,9-10H2,1H3,(H,21,22,23). The van der Waals surface area contributed by atoms with E-state index < -0.39 is 11.9 Å². The molecular weight excluding hydrogens is 349 g/mol. The van der Waals surface area contributed by atoms with Crippen LogP contribution in [0.25, 0.3) is 0 Å². The van der Waals surface area contributed by atoms with Crippen molar-refractivity contribution >= 4 is 17.6 Å². The van der Waals surface area contributed by atoms with E-state index in [2.05, 4.69) is 44.5 Å². The van der Waals surface area contributed by atoms with E-state index >= 15 is 0 Å². The van der Waals surface area contributed by atoms with Gasteiger partial charge in [-0.2, -0.15) is 13.2 Å². The van der Waals surface area contributed by atoms with Crippen LogP contribution < -0.4 is 5.32 Å². The van der Waals surface area contributed by atoms with Gasteiger partial charge in [-0.05, 0) is 30.4 Å². The highest BCUT2D eigenvalue weighted by molar-refractivity contribution is 7.98. The summed E-state index contributed by atoms with van der Waals surface area (Å²) in [5, 5.41) is 3.09. The number of anilines is 1. The first kappa shape index (κ1) is 18.0. The SMILES string of the molecule is CSc1ccc(CN2CCC(Nc3cc(C(F)(F)F)ncn3)C2)cc1. The summed E-state index contributed by atoms with van der Waals surface area (Å²) in [6.07, 6.45) is -0.591. The minimum Gasteiger partial charge on any atom is -0.366 e. The van der Waals surface area contributed by atoms with Crippen LogP contribution >= 0.6 is 11.8 Å². The van der Waals surface area contributed by atoms with Crippen LogP contribution in [0.15, 0.2) is 41.6 Å². The molecule has 1 fully saturated rings. The summed E-state index contributed by atoms with van der Waals surface area (Å²) in [5.74, 6) is 0.221. The number of thioether (sulfide) groups is 1. The second-order valence-electron chi connectivity index (χ2n) is 6.00.